The second-order valence-electron chi connectivity index (χ2n) is 6.64. The Kier molecular flexibility index (Phi) is 5.13. The van der Waals surface area contributed by atoms with E-state index in [-0.39, 0.29) is 6.09 Å². The number of ether oxygens (including phenoxy) is 2. The lowest BCUT2D eigenvalue weighted by Gasteiger charge is -2.34. The van der Waals surface area contributed by atoms with Crippen LogP contribution in [0.4, 0.5) is 9.59 Å². The quantitative estimate of drug-likeness (QED) is 0.798. The molecule has 0 aromatic heterocycles. The molecule has 0 saturated carbocycles. The van der Waals surface area contributed by atoms with Crippen LogP contribution in [0.3, 0.4) is 0 Å². The SMILES string of the molecule is Cc1ccc(OC(=O)N2CCN(C(=O)OC(C)(C)C)CC2)cc1. The molecule has 23 heavy (non-hydrogen) atoms. The number of hydrogen-bond acceptors (Lipinski definition) is 4. The Morgan fingerprint density at radius 3 is 1.87 bits per heavy atom. The van der Waals surface area contributed by atoms with Crippen molar-refractivity contribution in [1.82, 2.24) is 9.80 Å². The summed E-state index contributed by atoms with van der Waals surface area (Å²) < 4.78 is 10.7. The molecular weight excluding hydrogens is 296 g/mol. The highest BCUT2D eigenvalue weighted by Gasteiger charge is 2.28. The Hall–Kier alpha value is -2.24. The number of carbonyl (C=O) groups is 2. The fourth-order valence-electron chi connectivity index (χ4n) is 2.17. The maximum atomic E-state index is 12.1. The van der Waals surface area contributed by atoms with Gasteiger partial charge >= 0.3 is 12.2 Å². The molecule has 126 valence electrons. The summed E-state index contributed by atoms with van der Waals surface area (Å²) in [5, 5.41) is 0. The molecule has 0 spiro atoms. The highest BCUT2D eigenvalue weighted by molar-refractivity contribution is 5.72. The van der Waals surface area contributed by atoms with Crippen molar-refractivity contribution in [1.29, 1.82) is 0 Å². The molecule has 1 saturated heterocycles. The van der Waals surface area contributed by atoms with E-state index in [9.17, 15) is 9.59 Å². The molecule has 0 N–H and O–H groups in total. The smallest absolute Gasteiger partial charge is 0.415 e. The Labute approximate surface area is 137 Å². The van der Waals surface area contributed by atoms with E-state index in [1.807, 2.05) is 39.8 Å². The van der Waals surface area contributed by atoms with Crippen molar-refractivity contribution < 1.29 is 19.1 Å². The van der Waals surface area contributed by atoms with Crippen LogP contribution in [0.1, 0.15) is 26.3 Å². The van der Waals surface area contributed by atoms with Crippen molar-refractivity contribution >= 4 is 12.2 Å². The van der Waals surface area contributed by atoms with Gasteiger partial charge in [-0.05, 0) is 39.8 Å². The first kappa shape index (κ1) is 17.1. The largest absolute Gasteiger partial charge is 0.444 e. The molecule has 1 aromatic carbocycles. The van der Waals surface area contributed by atoms with Crippen LogP contribution in [0.15, 0.2) is 24.3 Å². The van der Waals surface area contributed by atoms with Gasteiger partial charge in [0.05, 0.1) is 0 Å². The minimum absolute atomic E-state index is 0.343. The molecule has 2 rings (SSSR count). The minimum atomic E-state index is -0.515. The molecule has 0 unspecified atom stereocenters. The van der Waals surface area contributed by atoms with Crippen LogP contribution in [0.2, 0.25) is 0 Å². The molecule has 1 aliphatic rings. The van der Waals surface area contributed by atoms with Gasteiger partial charge in [0, 0.05) is 26.2 Å². The summed E-state index contributed by atoms with van der Waals surface area (Å²) in [4.78, 5) is 27.3. The third-order valence-electron chi connectivity index (χ3n) is 3.42. The predicted molar refractivity (Wildman–Crippen MR) is 86.6 cm³/mol. The highest BCUT2D eigenvalue weighted by Crippen LogP contribution is 2.15. The third kappa shape index (κ3) is 5.16. The Morgan fingerprint density at radius 2 is 1.39 bits per heavy atom. The van der Waals surface area contributed by atoms with Crippen LogP contribution < -0.4 is 4.74 Å². The Bertz CT molecular complexity index is 555. The number of benzene rings is 1. The van der Waals surface area contributed by atoms with E-state index in [0.29, 0.717) is 31.9 Å². The molecule has 1 heterocycles. The molecule has 1 fully saturated rings. The van der Waals surface area contributed by atoms with Gasteiger partial charge in [0.15, 0.2) is 0 Å². The fraction of sp³-hybridized carbons (Fsp3) is 0.529. The van der Waals surface area contributed by atoms with Gasteiger partial charge in [0.2, 0.25) is 0 Å². The van der Waals surface area contributed by atoms with E-state index < -0.39 is 11.7 Å². The highest BCUT2D eigenvalue weighted by atomic mass is 16.6. The van der Waals surface area contributed by atoms with Crippen LogP contribution >= 0.6 is 0 Å². The monoisotopic (exact) mass is 320 g/mol. The summed E-state index contributed by atoms with van der Waals surface area (Å²) in [6, 6.07) is 7.32. The summed E-state index contributed by atoms with van der Waals surface area (Å²) >= 11 is 0. The van der Waals surface area contributed by atoms with Crippen molar-refractivity contribution in [3.05, 3.63) is 29.8 Å². The van der Waals surface area contributed by atoms with Crippen molar-refractivity contribution in [2.24, 2.45) is 0 Å². The molecule has 0 aliphatic carbocycles. The van der Waals surface area contributed by atoms with Crippen molar-refractivity contribution in [2.75, 3.05) is 26.2 Å². The van der Waals surface area contributed by atoms with E-state index in [1.54, 1.807) is 21.9 Å². The van der Waals surface area contributed by atoms with Gasteiger partial charge in [-0.3, -0.25) is 0 Å². The average molecular weight is 320 g/mol. The lowest BCUT2D eigenvalue weighted by Crippen LogP contribution is -2.52. The van der Waals surface area contributed by atoms with E-state index in [1.165, 1.54) is 0 Å². The van der Waals surface area contributed by atoms with Gasteiger partial charge < -0.3 is 19.3 Å². The summed E-state index contributed by atoms with van der Waals surface area (Å²) in [6.07, 6.45) is -0.734. The first-order chi connectivity index (χ1) is 10.7. The molecule has 1 aromatic rings. The van der Waals surface area contributed by atoms with Gasteiger partial charge in [-0.25, -0.2) is 9.59 Å². The summed E-state index contributed by atoms with van der Waals surface area (Å²) in [6.45, 7) is 9.23. The standard InChI is InChI=1S/C17H24N2O4/c1-13-5-7-14(8-6-13)22-15(20)18-9-11-19(12-10-18)16(21)23-17(2,3)4/h5-8H,9-12H2,1-4H3. The van der Waals surface area contributed by atoms with Gasteiger partial charge in [-0.1, -0.05) is 17.7 Å². The zero-order valence-corrected chi connectivity index (χ0v) is 14.2. The molecular formula is C17H24N2O4. The molecule has 0 radical (unpaired) electrons. The van der Waals surface area contributed by atoms with Crippen LogP contribution in [0.5, 0.6) is 5.75 Å². The summed E-state index contributed by atoms with van der Waals surface area (Å²) in [5.41, 5.74) is 0.592. The lowest BCUT2D eigenvalue weighted by molar-refractivity contribution is 0.0154. The average Bonchev–Trinajstić information content (AvgIpc) is 2.48. The van der Waals surface area contributed by atoms with E-state index in [4.69, 9.17) is 9.47 Å². The number of hydrogen-bond donors (Lipinski definition) is 0. The van der Waals surface area contributed by atoms with Crippen LogP contribution in [0, 0.1) is 6.92 Å². The normalized spacial score (nSPS) is 15.3. The predicted octanol–water partition coefficient (Wildman–Crippen LogP) is 3.05. The maximum absolute atomic E-state index is 12.1. The summed E-state index contributed by atoms with van der Waals surface area (Å²) in [5.74, 6) is 0.523. The molecule has 6 heteroatoms. The van der Waals surface area contributed by atoms with E-state index in [0.717, 1.165) is 5.56 Å². The molecule has 1 aliphatic heterocycles. The van der Waals surface area contributed by atoms with Gasteiger partial charge in [-0.2, -0.15) is 0 Å². The Balaban J connectivity index is 1.83. The number of piperazine rings is 1. The van der Waals surface area contributed by atoms with Crippen molar-refractivity contribution in [3.63, 3.8) is 0 Å². The molecule has 6 nitrogen and oxygen atoms in total. The van der Waals surface area contributed by atoms with Crippen molar-refractivity contribution in [2.45, 2.75) is 33.3 Å². The molecule has 0 bridgehead atoms. The number of aryl methyl sites for hydroxylation is 1. The number of nitrogens with zero attached hydrogens (tertiary/aromatic N) is 2. The fourth-order valence-corrected chi connectivity index (χ4v) is 2.17. The summed E-state index contributed by atoms with van der Waals surface area (Å²) in [7, 11) is 0. The van der Waals surface area contributed by atoms with Crippen LogP contribution in [-0.2, 0) is 4.74 Å². The zero-order valence-electron chi connectivity index (χ0n) is 14.2. The van der Waals surface area contributed by atoms with Gasteiger partial charge in [0.25, 0.3) is 0 Å². The minimum Gasteiger partial charge on any atom is -0.444 e. The lowest BCUT2D eigenvalue weighted by atomic mass is 10.2. The second kappa shape index (κ2) is 6.89. The third-order valence-corrected chi connectivity index (χ3v) is 3.42. The second-order valence-corrected chi connectivity index (χ2v) is 6.64. The van der Waals surface area contributed by atoms with Crippen molar-refractivity contribution in [3.8, 4) is 5.75 Å². The number of rotatable bonds is 1. The van der Waals surface area contributed by atoms with Gasteiger partial charge in [-0.15, -0.1) is 0 Å². The molecule has 0 atom stereocenters. The van der Waals surface area contributed by atoms with Crippen LogP contribution in [-0.4, -0.2) is 53.8 Å². The van der Waals surface area contributed by atoms with E-state index >= 15 is 0 Å². The first-order valence-electron chi connectivity index (χ1n) is 7.76. The van der Waals surface area contributed by atoms with Gasteiger partial charge in [0.1, 0.15) is 11.4 Å². The maximum Gasteiger partial charge on any atom is 0.415 e. The van der Waals surface area contributed by atoms with Crippen LogP contribution in [0.25, 0.3) is 0 Å². The first-order valence-corrected chi connectivity index (χ1v) is 7.76. The zero-order chi connectivity index (χ0) is 17.0. The number of amides is 2. The topological polar surface area (TPSA) is 59.1 Å². The Morgan fingerprint density at radius 1 is 0.913 bits per heavy atom. The molecule has 2 amide bonds. The van der Waals surface area contributed by atoms with E-state index in [2.05, 4.69) is 0 Å². The number of carbonyl (C=O) groups excluding carboxylic acids is 2.